The van der Waals surface area contributed by atoms with Crippen LogP contribution in [-0.4, -0.2) is 36.6 Å². The Labute approximate surface area is 177 Å². The van der Waals surface area contributed by atoms with Gasteiger partial charge in [-0.05, 0) is 42.0 Å². The van der Waals surface area contributed by atoms with Gasteiger partial charge in [-0.2, -0.15) is 0 Å². The van der Waals surface area contributed by atoms with Crippen LogP contribution in [0.15, 0.2) is 79.0 Å². The zero-order valence-electron chi connectivity index (χ0n) is 17.3. The molecule has 5 heteroatoms. The van der Waals surface area contributed by atoms with E-state index in [1.165, 1.54) is 0 Å². The molecule has 2 aromatic carbocycles. The molecule has 1 amide bonds. The van der Waals surface area contributed by atoms with Crippen LogP contribution in [0.3, 0.4) is 0 Å². The van der Waals surface area contributed by atoms with Gasteiger partial charge in [0.25, 0.3) is 0 Å². The van der Waals surface area contributed by atoms with Crippen molar-refractivity contribution in [2.24, 2.45) is 0 Å². The number of aromatic nitrogens is 1. The van der Waals surface area contributed by atoms with E-state index in [4.69, 9.17) is 9.47 Å². The van der Waals surface area contributed by atoms with E-state index in [2.05, 4.69) is 4.98 Å². The summed E-state index contributed by atoms with van der Waals surface area (Å²) in [5.74, 6) is 1.32. The molecule has 0 N–H and O–H groups in total. The number of carbonyl (C=O) groups is 1. The molecule has 1 heterocycles. The Bertz CT molecular complexity index is 972. The van der Waals surface area contributed by atoms with Crippen LogP contribution in [0.4, 0.5) is 0 Å². The van der Waals surface area contributed by atoms with E-state index in [0.29, 0.717) is 31.0 Å². The predicted molar refractivity (Wildman–Crippen MR) is 118 cm³/mol. The molecule has 0 fully saturated rings. The molecule has 3 aromatic rings. The fraction of sp³-hybridized carbons (Fsp3) is 0.200. The second-order valence-corrected chi connectivity index (χ2v) is 6.76. The highest BCUT2D eigenvalue weighted by Crippen LogP contribution is 2.25. The molecule has 0 aliphatic carbocycles. The van der Waals surface area contributed by atoms with Crippen LogP contribution in [0.1, 0.15) is 16.8 Å². The zero-order chi connectivity index (χ0) is 21.2. The molecule has 30 heavy (non-hydrogen) atoms. The number of benzene rings is 2. The van der Waals surface area contributed by atoms with Crippen molar-refractivity contribution in [1.82, 2.24) is 9.88 Å². The molecule has 0 unspecified atom stereocenters. The smallest absolute Gasteiger partial charge is 0.246 e. The van der Waals surface area contributed by atoms with Crippen LogP contribution in [0.2, 0.25) is 0 Å². The molecule has 3 rings (SSSR count). The summed E-state index contributed by atoms with van der Waals surface area (Å²) in [6.45, 7) is 1.11. The Morgan fingerprint density at radius 3 is 2.50 bits per heavy atom. The summed E-state index contributed by atoms with van der Waals surface area (Å²) in [5.41, 5.74) is 2.83. The quantitative estimate of drug-likeness (QED) is 0.498. The van der Waals surface area contributed by atoms with Crippen molar-refractivity contribution in [3.8, 4) is 11.5 Å². The van der Waals surface area contributed by atoms with Gasteiger partial charge in [0.2, 0.25) is 5.91 Å². The lowest BCUT2D eigenvalue weighted by Gasteiger charge is -2.21. The maximum Gasteiger partial charge on any atom is 0.246 e. The molecule has 0 aliphatic rings. The Morgan fingerprint density at radius 1 is 1.00 bits per heavy atom. The summed E-state index contributed by atoms with van der Waals surface area (Å²) < 4.78 is 10.7. The molecule has 0 bridgehead atoms. The molecule has 0 aliphatic heterocycles. The first-order chi connectivity index (χ1) is 14.7. The second kappa shape index (κ2) is 10.8. The van der Waals surface area contributed by atoms with Crippen molar-refractivity contribution in [3.05, 3.63) is 95.8 Å². The summed E-state index contributed by atoms with van der Waals surface area (Å²) in [6, 6.07) is 21.3. The lowest BCUT2D eigenvalue weighted by Crippen LogP contribution is -2.31. The zero-order valence-corrected chi connectivity index (χ0v) is 17.3. The van der Waals surface area contributed by atoms with Crippen molar-refractivity contribution in [2.45, 2.75) is 13.0 Å². The average molecular weight is 402 g/mol. The number of hydrogen-bond acceptors (Lipinski definition) is 4. The van der Waals surface area contributed by atoms with Crippen LogP contribution < -0.4 is 9.47 Å². The van der Waals surface area contributed by atoms with Gasteiger partial charge >= 0.3 is 0 Å². The molecule has 0 saturated heterocycles. The van der Waals surface area contributed by atoms with Gasteiger partial charge in [0, 0.05) is 43.0 Å². The SMILES string of the molecule is COc1ccc(OC)c(/C=C/C(=O)N(CCc2ccccn2)Cc2ccccc2)c1. The van der Waals surface area contributed by atoms with E-state index in [-0.39, 0.29) is 5.91 Å². The highest BCUT2D eigenvalue weighted by atomic mass is 16.5. The monoisotopic (exact) mass is 402 g/mol. The molecule has 1 aromatic heterocycles. The molecule has 0 atom stereocenters. The fourth-order valence-electron chi connectivity index (χ4n) is 3.10. The topological polar surface area (TPSA) is 51.7 Å². The van der Waals surface area contributed by atoms with Gasteiger partial charge in [0.05, 0.1) is 14.2 Å². The van der Waals surface area contributed by atoms with Crippen LogP contribution in [0.5, 0.6) is 11.5 Å². The van der Waals surface area contributed by atoms with Gasteiger partial charge in [0.15, 0.2) is 0 Å². The van der Waals surface area contributed by atoms with Gasteiger partial charge in [-0.25, -0.2) is 0 Å². The Hall–Kier alpha value is -3.60. The van der Waals surface area contributed by atoms with Crippen LogP contribution in [-0.2, 0) is 17.8 Å². The Balaban J connectivity index is 1.77. The van der Waals surface area contributed by atoms with Crippen LogP contribution in [0.25, 0.3) is 6.08 Å². The largest absolute Gasteiger partial charge is 0.497 e. The first-order valence-electron chi connectivity index (χ1n) is 9.82. The summed E-state index contributed by atoms with van der Waals surface area (Å²) in [6.07, 6.45) is 5.81. The second-order valence-electron chi connectivity index (χ2n) is 6.76. The average Bonchev–Trinajstić information content (AvgIpc) is 2.81. The van der Waals surface area contributed by atoms with Gasteiger partial charge < -0.3 is 14.4 Å². The minimum Gasteiger partial charge on any atom is -0.497 e. The molecule has 154 valence electrons. The fourth-order valence-corrected chi connectivity index (χ4v) is 3.10. The first-order valence-corrected chi connectivity index (χ1v) is 9.82. The Morgan fingerprint density at radius 2 is 1.80 bits per heavy atom. The third-order valence-corrected chi connectivity index (χ3v) is 4.73. The standard InChI is InChI=1S/C25H26N2O3/c1-29-23-12-13-24(30-2)21(18-23)11-14-25(28)27(19-20-8-4-3-5-9-20)17-15-22-10-6-7-16-26-22/h3-14,16,18H,15,17,19H2,1-2H3/b14-11+. The maximum atomic E-state index is 13.0. The number of hydrogen-bond donors (Lipinski definition) is 0. The van der Waals surface area contributed by atoms with Gasteiger partial charge in [0.1, 0.15) is 11.5 Å². The van der Waals surface area contributed by atoms with Gasteiger partial charge in [-0.1, -0.05) is 36.4 Å². The third kappa shape index (κ3) is 5.95. The molecular weight excluding hydrogens is 376 g/mol. The minimum absolute atomic E-state index is 0.0698. The van der Waals surface area contributed by atoms with Gasteiger partial charge in [-0.15, -0.1) is 0 Å². The summed E-state index contributed by atoms with van der Waals surface area (Å²) in [7, 11) is 3.22. The lowest BCUT2D eigenvalue weighted by atomic mass is 10.1. The van der Waals surface area contributed by atoms with Crippen molar-refractivity contribution in [2.75, 3.05) is 20.8 Å². The van der Waals surface area contributed by atoms with E-state index in [0.717, 1.165) is 16.8 Å². The van der Waals surface area contributed by atoms with E-state index in [9.17, 15) is 4.79 Å². The maximum absolute atomic E-state index is 13.0. The van der Waals surface area contributed by atoms with E-state index >= 15 is 0 Å². The number of pyridine rings is 1. The molecule has 0 saturated carbocycles. The van der Waals surface area contributed by atoms with Crippen molar-refractivity contribution in [1.29, 1.82) is 0 Å². The Kier molecular flexibility index (Phi) is 7.61. The van der Waals surface area contributed by atoms with E-state index < -0.39 is 0 Å². The van der Waals surface area contributed by atoms with Crippen molar-refractivity contribution < 1.29 is 14.3 Å². The van der Waals surface area contributed by atoms with Crippen molar-refractivity contribution >= 4 is 12.0 Å². The normalized spacial score (nSPS) is 10.7. The molecule has 5 nitrogen and oxygen atoms in total. The summed E-state index contributed by atoms with van der Waals surface area (Å²) in [4.78, 5) is 19.2. The number of carbonyl (C=O) groups excluding carboxylic acids is 1. The molecular formula is C25H26N2O3. The number of rotatable bonds is 9. The summed E-state index contributed by atoms with van der Waals surface area (Å²) >= 11 is 0. The lowest BCUT2D eigenvalue weighted by molar-refractivity contribution is -0.126. The highest BCUT2D eigenvalue weighted by molar-refractivity contribution is 5.92. The van der Waals surface area contributed by atoms with E-state index in [1.807, 2.05) is 71.6 Å². The number of ether oxygens (including phenoxy) is 2. The van der Waals surface area contributed by atoms with E-state index in [1.54, 1.807) is 32.6 Å². The number of amides is 1. The number of nitrogens with zero attached hydrogens (tertiary/aromatic N) is 2. The van der Waals surface area contributed by atoms with Crippen molar-refractivity contribution in [3.63, 3.8) is 0 Å². The third-order valence-electron chi connectivity index (χ3n) is 4.73. The van der Waals surface area contributed by atoms with Crippen LogP contribution >= 0.6 is 0 Å². The van der Waals surface area contributed by atoms with Crippen LogP contribution in [0, 0.1) is 0 Å². The first kappa shape index (κ1) is 21.1. The minimum atomic E-state index is -0.0698. The molecule has 0 spiro atoms. The number of methoxy groups -OCH3 is 2. The summed E-state index contributed by atoms with van der Waals surface area (Å²) in [5, 5.41) is 0. The van der Waals surface area contributed by atoms with Gasteiger partial charge in [-0.3, -0.25) is 9.78 Å². The highest BCUT2D eigenvalue weighted by Gasteiger charge is 2.12. The molecule has 0 radical (unpaired) electrons. The predicted octanol–water partition coefficient (Wildman–Crippen LogP) is 4.38.